The van der Waals surface area contributed by atoms with Crippen molar-refractivity contribution in [3.63, 3.8) is 0 Å². The van der Waals surface area contributed by atoms with Gasteiger partial charge in [0.25, 0.3) is 0 Å². The summed E-state index contributed by atoms with van der Waals surface area (Å²) in [5.74, 6) is -0.110. The van der Waals surface area contributed by atoms with E-state index in [1.807, 2.05) is 6.92 Å². The molecule has 2 aromatic carbocycles. The number of alkyl halides is 5. The molecule has 9 heteroatoms. The second-order valence-corrected chi connectivity index (χ2v) is 14.4. The third-order valence-electron chi connectivity index (χ3n) is 6.06. The van der Waals surface area contributed by atoms with Gasteiger partial charge in [-0.25, -0.2) is 0 Å². The fourth-order valence-corrected chi connectivity index (χ4v) is 4.06. The van der Waals surface area contributed by atoms with Gasteiger partial charge in [0.05, 0.1) is 17.2 Å². The number of benzene rings is 2. The lowest BCUT2D eigenvalue weighted by Crippen LogP contribution is -2.41. The van der Waals surface area contributed by atoms with Crippen LogP contribution in [0.4, 0.5) is 22.0 Å². The first-order valence-electron chi connectivity index (χ1n) is 11.2. The molecule has 0 saturated heterocycles. The fourth-order valence-electron chi connectivity index (χ4n) is 3.00. The fraction of sp³-hybridized carbons (Fsp3) is 0.520. The number of rotatable bonds is 10. The highest BCUT2D eigenvalue weighted by Crippen LogP contribution is 2.38. The van der Waals surface area contributed by atoms with E-state index in [9.17, 15) is 22.0 Å². The van der Waals surface area contributed by atoms with Crippen molar-refractivity contribution in [1.82, 2.24) is 0 Å². The van der Waals surface area contributed by atoms with Gasteiger partial charge in [0.15, 0.2) is 8.32 Å². The predicted molar refractivity (Wildman–Crippen MR) is 125 cm³/mol. The Bertz CT molecular complexity index is 904. The van der Waals surface area contributed by atoms with Crippen molar-refractivity contribution < 1.29 is 35.9 Å². The Morgan fingerprint density at radius 1 is 0.824 bits per heavy atom. The van der Waals surface area contributed by atoms with Gasteiger partial charge in [0.1, 0.15) is 5.75 Å². The largest absolute Gasteiger partial charge is 0.429 e. The molecule has 0 spiro atoms. The third kappa shape index (κ3) is 7.51. The molecule has 0 bridgehead atoms. The Morgan fingerprint density at radius 2 is 1.35 bits per heavy atom. The maximum absolute atomic E-state index is 14.5. The van der Waals surface area contributed by atoms with Crippen molar-refractivity contribution in [2.24, 2.45) is 0 Å². The molecule has 0 aromatic heterocycles. The van der Waals surface area contributed by atoms with Gasteiger partial charge in [-0.15, -0.1) is 0 Å². The summed E-state index contributed by atoms with van der Waals surface area (Å²) in [5, 5.41) is 0.0887. The van der Waals surface area contributed by atoms with Crippen molar-refractivity contribution in [3.8, 4) is 5.75 Å². The molecule has 0 amide bonds. The van der Waals surface area contributed by atoms with Crippen LogP contribution < -0.4 is 4.74 Å². The molecule has 0 aliphatic heterocycles. The smallest absolute Gasteiger partial charge is 0.426 e. The molecule has 2 rings (SSSR count). The molecule has 0 saturated carbocycles. The molecular formula is C25H33F5O3Si. The molecule has 34 heavy (non-hydrogen) atoms. The average Bonchev–Trinajstić information content (AvgIpc) is 2.72. The van der Waals surface area contributed by atoms with Crippen molar-refractivity contribution in [2.75, 3.05) is 13.2 Å². The van der Waals surface area contributed by atoms with Crippen LogP contribution in [0.2, 0.25) is 18.1 Å². The number of hydrogen-bond donors (Lipinski definition) is 0. The van der Waals surface area contributed by atoms with E-state index in [1.165, 1.54) is 12.1 Å². The molecular weight excluding hydrogens is 471 g/mol. The molecule has 190 valence electrons. The summed E-state index contributed by atoms with van der Waals surface area (Å²) in [6, 6.07) is 8.72. The zero-order valence-electron chi connectivity index (χ0n) is 20.4. The third-order valence-corrected chi connectivity index (χ3v) is 10.6. The quantitative estimate of drug-likeness (QED) is 0.240. The summed E-state index contributed by atoms with van der Waals surface area (Å²) in [6.45, 7) is 13.7. The van der Waals surface area contributed by atoms with Gasteiger partial charge < -0.3 is 13.9 Å². The molecule has 1 unspecified atom stereocenters. The number of halogens is 5. The standard InChI is InChI=1S/C25H33F5O3Si/c1-7-31-22(16-17-32-34(5,6)23(2,3)4)18-8-14-21(15-9-18)33-25(29,30)20-12-10-19(11-13-20)24(26,27)28/h8-15,22H,7,16-17H2,1-6H3. The number of ether oxygens (including phenoxy) is 2. The minimum Gasteiger partial charge on any atom is -0.429 e. The van der Waals surface area contributed by atoms with Gasteiger partial charge in [-0.3, -0.25) is 0 Å². The second-order valence-electron chi connectivity index (χ2n) is 9.60. The van der Waals surface area contributed by atoms with Gasteiger partial charge >= 0.3 is 12.3 Å². The minimum absolute atomic E-state index is 0.0887. The van der Waals surface area contributed by atoms with Crippen LogP contribution in [0.3, 0.4) is 0 Å². The summed E-state index contributed by atoms with van der Waals surface area (Å²) in [5.41, 5.74) is -0.874. The van der Waals surface area contributed by atoms with Crippen LogP contribution in [0.1, 0.15) is 56.9 Å². The predicted octanol–water partition coefficient (Wildman–Crippen LogP) is 8.32. The molecule has 2 aromatic rings. The summed E-state index contributed by atoms with van der Waals surface area (Å²) in [7, 11) is -1.90. The maximum atomic E-state index is 14.5. The van der Waals surface area contributed by atoms with Crippen molar-refractivity contribution in [3.05, 3.63) is 65.2 Å². The molecule has 0 radical (unpaired) electrons. The molecule has 1 atom stereocenters. The first-order chi connectivity index (χ1) is 15.6. The van der Waals surface area contributed by atoms with E-state index in [1.54, 1.807) is 12.1 Å². The molecule has 0 fully saturated rings. The van der Waals surface area contributed by atoms with E-state index < -0.39 is 31.7 Å². The lowest BCUT2D eigenvalue weighted by molar-refractivity contribution is -0.185. The van der Waals surface area contributed by atoms with E-state index in [-0.39, 0.29) is 16.9 Å². The van der Waals surface area contributed by atoms with Crippen LogP contribution in [0, 0.1) is 0 Å². The van der Waals surface area contributed by atoms with Crippen LogP contribution in [-0.2, 0) is 21.4 Å². The Kier molecular flexibility index (Phi) is 8.93. The van der Waals surface area contributed by atoms with Crippen LogP contribution in [0.15, 0.2) is 48.5 Å². The molecule has 0 N–H and O–H groups in total. The van der Waals surface area contributed by atoms with E-state index in [2.05, 4.69) is 33.9 Å². The van der Waals surface area contributed by atoms with Crippen molar-refractivity contribution >= 4 is 8.32 Å². The van der Waals surface area contributed by atoms with Crippen molar-refractivity contribution in [1.29, 1.82) is 0 Å². The van der Waals surface area contributed by atoms with Gasteiger partial charge in [0, 0.05) is 13.2 Å². The monoisotopic (exact) mass is 504 g/mol. The summed E-state index contributed by atoms with van der Waals surface area (Å²) in [4.78, 5) is 0. The SMILES string of the molecule is CCOC(CCO[Si](C)(C)C(C)(C)C)c1ccc(OC(F)(F)c2ccc(C(F)(F)F)cc2)cc1. The highest BCUT2D eigenvalue weighted by molar-refractivity contribution is 6.74. The first-order valence-corrected chi connectivity index (χ1v) is 14.1. The van der Waals surface area contributed by atoms with Crippen LogP contribution in [0.25, 0.3) is 0 Å². The van der Waals surface area contributed by atoms with E-state index in [0.29, 0.717) is 43.9 Å². The summed E-state index contributed by atoms with van der Waals surface area (Å²) in [6.07, 6.45) is -8.04. The molecule has 0 aliphatic carbocycles. The lowest BCUT2D eigenvalue weighted by Gasteiger charge is -2.36. The van der Waals surface area contributed by atoms with E-state index >= 15 is 0 Å². The van der Waals surface area contributed by atoms with Gasteiger partial charge in [-0.2, -0.15) is 22.0 Å². The molecule has 0 aliphatic rings. The minimum atomic E-state index is -4.60. The van der Waals surface area contributed by atoms with Gasteiger partial charge in [-0.05, 0) is 73.4 Å². The van der Waals surface area contributed by atoms with E-state index in [0.717, 1.165) is 5.56 Å². The lowest BCUT2D eigenvalue weighted by atomic mass is 10.1. The zero-order chi connectivity index (χ0) is 25.8. The Morgan fingerprint density at radius 3 is 1.82 bits per heavy atom. The topological polar surface area (TPSA) is 27.7 Å². The Labute approximate surface area is 199 Å². The maximum Gasteiger partial charge on any atom is 0.426 e. The first kappa shape index (κ1) is 28.3. The average molecular weight is 505 g/mol. The van der Waals surface area contributed by atoms with Crippen LogP contribution in [-0.4, -0.2) is 21.5 Å². The highest BCUT2D eigenvalue weighted by Gasteiger charge is 2.38. The molecule has 3 nitrogen and oxygen atoms in total. The second kappa shape index (κ2) is 10.7. The molecule has 0 heterocycles. The number of hydrogen-bond acceptors (Lipinski definition) is 3. The summed E-state index contributed by atoms with van der Waals surface area (Å²) >= 11 is 0. The van der Waals surface area contributed by atoms with Crippen LogP contribution in [0.5, 0.6) is 5.75 Å². The highest BCUT2D eigenvalue weighted by atomic mass is 28.4. The zero-order valence-corrected chi connectivity index (χ0v) is 21.4. The van der Waals surface area contributed by atoms with Gasteiger partial charge in [-0.1, -0.05) is 32.9 Å². The van der Waals surface area contributed by atoms with Gasteiger partial charge in [0.2, 0.25) is 0 Å². The van der Waals surface area contributed by atoms with E-state index in [4.69, 9.17) is 13.9 Å². The van der Waals surface area contributed by atoms with Crippen molar-refractivity contribution in [2.45, 2.75) is 70.6 Å². The Balaban J connectivity index is 2.06. The van der Waals surface area contributed by atoms with Crippen LogP contribution >= 0.6 is 0 Å². The normalized spacial score (nSPS) is 14.2. The Hall–Kier alpha value is -1.97. The summed E-state index contributed by atoms with van der Waals surface area (Å²) < 4.78 is 83.8.